The summed E-state index contributed by atoms with van der Waals surface area (Å²) in [5.41, 5.74) is 1.35. The molecule has 0 fully saturated rings. The molecule has 0 aliphatic carbocycles. The van der Waals surface area contributed by atoms with Gasteiger partial charge >= 0.3 is 0 Å². The van der Waals surface area contributed by atoms with Crippen molar-refractivity contribution in [2.45, 2.75) is 0 Å². The van der Waals surface area contributed by atoms with Gasteiger partial charge in [0.25, 0.3) is 0 Å². The standard InChI is InChI=1S/C11H6N2S/c1-7-2-3-10-8(4-7)5-9(6-12)11(14)13-10/h2-5H,1H2. The van der Waals surface area contributed by atoms with Crippen LogP contribution in [0.4, 0.5) is 0 Å². The van der Waals surface area contributed by atoms with E-state index in [1.807, 2.05) is 24.3 Å². The molecule has 0 atom stereocenters. The van der Waals surface area contributed by atoms with Gasteiger partial charge in [0.2, 0.25) is 0 Å². The van der Waals surface area contributed by atoms with Crippen LogP contribution in [0.2, 0.25) is 0 Å². The Hall–Kier alpha value is -1.79. The predicted molar refractivity (Wildman–Crippen MR) is 58.9 cm³/mol. The van der Waals surface area contributed by atoms with Crippen LogP contribution in [-0.2, 0) is 0 Å². The van der Waals surface area contributed by atoms with Gasteiger partial charge in [0.15, 0.2) is 0 Å². The van der Waals surface area contributed by atoms with Gasteiger partial charge in [0.1, 0.15) is 11.1 Å². The Kier molecular flexibility index (Phi) is 1.99. The largest absolute Gasteiger partial charge is 0.235 e. The molecule has 0 bridgehead atoms. The summed E-state index contributed by atoms with van der Waals surface area (Å²) in [5, 5.41) is 10.5. The number of hydrogen-bond donors (Lipinski definition) is 0. The van der Waals surface area contributed by atoms with Crippen molar-refractivity contribution in [3.63, 3.8) is 0 Å². The van der Waals surface area contributed by atoms with Crippen molar-refractivity contribution in [2.75, 3.05) is 0 Å². The summed E-state index contributed by atoms with van der Waals surface area (Å²) in [5.74, 6) is 0. The molecule has 2 nitrogen and oxygen atoms in total. The lowest BCUT2D eigenvalue weighted by Crippen LogP contribution is -2.17. The molecule has 14 heavy (non-hydrogen) atoms. The van der Waals surface area contributed by atoms with Crippen LogP contribution >= 0.6 is 12.2 Å². The van der Waals surface area contributed by atoms with E-state index >= 15 is 0 Å². The van der Waals surface area contributed by atoms with Gasteiger partial charge in [-0.15, -0.1) is 0 Å². The van der Waals surface area contributed by atoms with E-state index in [0.29, 0.717) is 10.6 Å². The van der Waals surface area contributed by atoms with Crippen molar-refractivity contribution < 1.29 is 0 Å². The minimum absolute atomic E-state index is 0.358. The van der Waals surface area contributed by atoms with E-state index in [0.717, 1.165) is 16.1 Å². The molecule has 0 radical (unpaired) electrons. The maximum Gasteiger partial charge on any atom is 0.144 e. The number of hydrogen-bond acceptors (Lipinski definition) is 2. The average molecular weight is 198 g/mol. The molecule has 3 heteroatoms. The van der Waals surface area contributed by atoms with E-state index < -0.39 is 0 Å². The van der Waals surface area contributed by atoms with Gasteiger partial charge in [-0.1, -0.05) is 24.9 Å². The van der Waals surface area contributed by atoms with Crippen LogP contribution in [0.15, 0.2) is 28.8 Å². The van der Waals surface area contributed by atoms with Gasteiger partial charge in [-0.3, -0.25) is 0 Å². The van der Waals surface area contributed by atoms with Gasteiger partial charge in [-0.05, 0) is 23.4 Å². The fourth-order valence-electron chi connectivity index (χ4n) is 1.29. The lowest BCUT2D eigenvalue weighted by Gasteiger charge is -2.04. The molecular weight excluding hydrogens is 192 g/mol. The summed E-state index contributed by atoms with van der Waals surface area (Å²) in [7, 11) is 0. The van der Waals surface area contributed by atoms with Crippen molar-refractivity contribution in [3.8, 4) is 6.07 Å². The lowest BCUT2D eigenvalue weighted by molar-refractivity contribution is 1.35. The van der Waals surface area contributed by atoms with Crippen molar-refractivity contribution >= 4 is 29.9 Å². The van der Waals surface area contributed by atoms with Crippen molar-refractivity contribution in [1.29, 1.82) is 5.26 Å². The highest BCUT2D eigenvalue weighted by atomic mass is 32.1. The van der Waals surface area contributed by atoms with Crippen LogP contribution in [0.5, 0.6) is 0 Å². The van der Waals surface area contributed by atoms with Gasteiger partial charge in [0, 0.05) is 5.56 Å². The minimum atomic E-state index is 0.358. The third-order valence-electron chi connectivity index (χ3n) is 1.96. The van der Waals surface area contributed by atoms with E-state index in [1.165, 1.54) is 0 Å². The number of benzene rings is 1. The molecule has 66 valence electrons. The van der Waals surface area contributed by atoms with E-state index in [9.17, 15) is 0 Å². The topological polar surface area (TPSA) is 36.1 Å². The van der Waals surface area contributed by atoms with Crippen LogP contribution in [-0.4, -0.2) is 4.99 Å². The Balaban J connectivity index is 2.78. The Morgan fingerprint density at radius 1 is 1.43 bits per heavy atom. The van der Waals surface area contributed by atoms with E-state index in [1.54, 1.807) is 6.08 Å². The van der Waals surface area contributed by atoms with Gasteiger partial charge in [0.05, 0.1) is 10.9 Å². The molecule has 1 aromatic rings. The van der Waals surface area contributed by atoms with Gasteiger partial charge < -0.3 is 0 Å². The predicted octanol–water partition coefficient (Wildman–Crippen LogP) is 0.964. The molecule has 0 saturated heterocycles. The smallest absolute Gasteiger partial charge is 0.144 e. The van der Waals surface area contributed by atoms with E-state index in [4.69, 9.17) is 17.5 Å². The van der Waals surface area contributed by atoms with Crippen LogP contribution in [0.1, 0.15) is 5.56 Å². The molecule has 0 saturated carbocycles. The van der Waals surface area contributed by atoms with Crippen molar-refractivity contribution in [1.82, 2.24) is 0 Å². The van der Waals surface area contributed by atoms with E-state index in [-0.39, 0.29) is 0 Å². The molecule has 0 unspecified atom stereocenters. The normalized spacial score (nSPS) is 13.6. The second-order valence-electron chi connectivity index (χ2n) is 2.98. The van der Waals surface area contributed by atoms with E-state index in [2.05, 4.69) is 11.6 Å². The summed E-state index contributed by atoms with van der Waals surface area (Å²) in [6, 6.07) is 7.63. The first-order valence-electron chi connectivity index (χ1n) is 4.04. The second-order valence-corrected chi connectivity index (χ2v) is 3.37. The first-order chi connectivity index (χ1) is 6.70. The van der Waals surface area contributed by atoms with Gasteiger partial charge in [-0.25, -0.2) is 4.99 Å². The highest BCUT2D eigenvalue weighted by Gasteiger charge is 2.08. The van der Waals surface area contributed by atoms with Crippen molar-refractivity contribution in [3.05, 3.63) is 39.9 Å². The Morgan fingerprint density at radius 3 is 2.93 bits per heavy atom. The average Bonchev–Trinajstić information content (AvgIpc) is 2.17. The summed E-state index contributed by atoms with van der Waals surface area (Å²) < 4.78 is 0. The highest BCUT2D eigenvalue weighted by molar-refractivity contribution is 7.80. The Labute approximate surface area is 86.5 Å². The zero-order valence-electron chi connectivity index (χ0n) is 7.32. The number of rotatable bonds is 0. The van der Waals surface area contributed by atoms with Crippen molar-refractivity contribution in [2.24, 2.45) is 4.99 Å². The summed E-state index contributed by atoms with van der Waals surface area (Å²) in [6.07, 6.45) is 1.75. The molecule has 0 spiro atoms. The molecule has 1 aromatic carbocycles. The monoisotopic (exact) mass is 198 g/mol. The molecule has 1 heterocycles. The third kappa shape index (κ3) is 1.36. The number of nitriles is 1. The molecule has 1 aliphatic rings. The summed E-state index contributed by atoms with van der Waals surface area (Å²) in [6.45, 7) is 3.81. The number of thiocarbonyl (C=S) groups is 1. The molecular formula is C11H6N2S. The zero-order valence-corrected chi connectivity index (χ0v) is 8.14. The van der Waals surface area contributed by atoms with Crippen LogP contribution in [0.25, 0.3) is 12.7 Å². The first kappa shape index (κ1) is 8.79. The van der Waals surface area contributed by atoms with Crippen LogP contribution < -0.4 is 10.6 Å². The van der Waals surface area contributed by atoms with Gasteiger partial charge in [-0.2, -0.15) is 5.26 Å². The second kappa shape index (κ2) is 3.17. The van der Waals surface area contributed by atoms with Crippen LogP contribution in [0, 0.1) is 11.3 Å². The quantitative estimate of drug-likeness (QED) is 0.582. The Bertz CT molecular complexity index is 591. The number of fused-ring (bicyclic) bond motifs is 1. The molecule has 1 aliphatic heterocycles. The minimum Gasteiger partial charge on any atom is -0.235 e. The Morgan fingerprint density at radius 2 is 2.21 bits per heavy atom. The molecule has 2 rings (SSSR count). The maximum atomic E-state index is 8.77. The molecule has 0 aromatic heterocycles. The first-order valence-corrected chi connectivity index (χ1v) is 4.45. The fourth-order valence-corrected chi connectivity index (χ4v) is 1.49. The lowest BCUT2D eigenvalue weighted by atomic mass is 10.1. The maximum absolute atomic E-state index is 8.77. The third-order valence-corrected chi connectivity index (χ3v) is 2.28. The highest BCUT2D eigenvalue weighted by Crippen LogP contribution is 2.08. The van der Waals surface area contributed by atoms with Crippen LogP contribution in [0.3, 0.4) is 0 Å². The summed E-state index contributed by atoms with van der Waals surface area (Å²) in [4.78, 5) is 4.51. The zero-order chi connectivity index (χ0) is 10.1. The molecule has 0 amide bonds. The fraction of sp³-hybridized carbons (Fsp3) is 0. The molecule has 0 N–H and O–H groups in total. The number of nitrogens with zero attached hydrogens (tertiary/aromatic N) is 2. The summed E-state index contributed by atoms with van der Waals surface area (Å²) >= 11 is 4.96. The SMILES string of the molecule is C=c1ccc2c(c1)C=C(C#N)C(=S)N=2.